The van der Waals surface area contributed by atoms with Gasteiger partial charge in [0, 0.05) is 75.9 Å². The minimum absolute atomic E-state index is 0.0305. The molecule has 8 atom stereocenters. The van der Waals surface area contributed by atoms with Crippen LogP contribution in [0.2, 0.25) is 0 Å². The fraction of sp³-hybridized carbons (Fsp3) is 0.633. The minimum Gasteiger partial charge on any atom is -0.506 e. The number of ether oxygens (including phenoxy) is 4. The Morgan fingerprint density at radius 2 is 1.39 bits per heavy atom. The summed E-state index contributed by atoms with van der Waals surface area (Å²) in [4.78, 5) is 150. The minimum atomic E-state index is -1.15. The lowest BCUT2D eigenvalue weighted by atomic mass is 9.92. The molecule has 8 N–H and O–H groups in total. The predicted molar refractivity (Wildman–Crippen MR) is 325 cm³/mol. The molecule has 1 aliphatic heterocycles. The van der Waals surface area contributed by atoms with Gasteiger partial charge >= 0.3 is 11.9 Å². The number of carboxylic acids is 1. The number of aromatic hydroxyl groups is 1. The molecule has 0 radical (unpaired) electrons. The van der Waals surface area contributed by atoms with Crippen molar-refractivity contribution in [3.05, 3.63) is 52.0 Å². The van der Waals surface area contributed by atoms with Crippen molar-refractivity contribution in [2.75, 3.05) is 79.2 Å². The largest absolute Gasteiger partial charge is 0.506 e. The molecule has 0 spiro atoms. The van der Waals surface area contributed by atoms with Gasteiger partial charge in [-0.15, -0.1) is 11.3 Å². The summed E-state index contributed by atoms with van der Waals surface area (Å²) in [6.07, 6.45) is 2.52. The van der Waals surface area contributed by atoms with E-state index in [0.29, 0.717) is 18.4 Å². The number of aromatic nitrogens is 1. The summed E-state index contributed by atoms with van der Waals surface area (Å²) < 4.78 is 22.1. The normalized spacial score (nSPS) is 15.1. The van der Waals surface area contributed by atoms with Gasteiger partial charge in [-0.1, -0.05) is 47.1 Å². The molecule has 8 unspecified atom stereocenters. The van der Waals surface area contributed by atoms with Crippen LogP contribution < -0.4 is 31.9 Å². The quantitative estimate of drug-likeness (QED) is 0.0206. The standard InChI is InChI=1S/C60H92N10O17S/c1-14-36(4)52(67-59(83)60(9,10)68(11)12)57(80)69(13)45(35(2)3)33-47(87-40(8)71)56-66-44(34-88-56)55(79)64-42(30-37(5)58(81)82)31-41-17-18-46(72)43(32-41)65-54(78)39(7)63-53(77)38(6)62-49(74)21-24-84-26-28-86-29-27-85-25-22-61-48(73)16-15-23-70-50(75)19-20-51(70)76/h17-20,32,34-39,42,45,47,52,72H,14-16,21-31,33H2,1-13H3,(H,61,73)(H,62,74)(H,63,77)(H,64,79)(H,65,78)(H,67,83)(H,81,82). The highest BCUT2D eigenvalue weighted by Gasteiger charge is 2.39. The number of hydrogen-bond acceptors (Lipinski definition) is 19. The molecule has 28 heteroatoms. The Labute approximate surface area is 519 Å². The van der Waals surface area contributed by atoms with E-state index in [-0.39, 0.29) is 148 Å². The summed E-state index contributed by atoms with van der Waals surface area (Å²) in [5.41, 5.74) is -0.517. The van der Waals surface area contributed by atoms with Crippen LogP contribution in [0.4, 0.5) is 5.69 Å². The Morgan fingerprint density at radius 1 is 0.773 bits per heavy atom. The maximum absolute atomic E-state index is 14.3. The number of thiazole rings is 1. The molecule has 1 aromatic carbocycles. The lowest BCUT2D eigenvalue weighted by Gasteiger charge is -2.38. The van der Waals surface area contributed by atoms with Gasteiger partial charge in [-0.25, -0.2) is 4.98 Å². The number of amides is 9. The number of phenolic OH excluding ortho intramolecular Hbond substituents is 1. The summed E-state index contributed by atoms with van der Waals surface area (Å²) >= 11 is 1.06. The average molecular weight is 1260 g/mol. The Kier molecular flexibility index (Phi) is 31.3. The van der Waals surface area contributed by atoms with Crippen LogP contribution >= 0.6 is 11.3 Å². The van der Waals surface area contributed by atoms with Crippen LogP contribution in [0.15, 0.2) is 35.7 Å². The molecule has 1 aliphatic rings. The zero-order valence-electron chi connectivity index (χ0n) is 53.0. The van der Waals surface area contributed by atoms with Gasteiger partial charge in [-0.2, -0.15) is 0 Å². The maximum atomic E-state index is 14.3. The van der Waals surface area contributed by atoms with E-state index in [1.165, 1.54) is 63.4 Å². The van der Waals surface area contributed by atoms with Gasteiger partial charge in [-0.3, -0.25) is 62.5 Å². The Hall–Kier alpha value is -7.40. The highest BCUT2D eigenvalue weighted by atomic mass is 32.1. The van der Waals surface area contributed by atoms with E-state index in [4.69, 9.17) is 18.9 Å². The zero-order chi connectivity index (χ0) is 66.0. The average Bonchev–Trinajstić information content (AvgIpc) is 2.84. The van der Waals surface area contributed by atoms with Crippen LogP contribution in [0.5, 0.6) is 5.75 Å². The fourth-order valence-electron chi connectivity index (χ4n) is 8.83. The zero-order valence-corrected chi connectivity index (χ0v) is 53.8. The second kappa shape index (κ2) is 36.8. The van der Waals surface area contributed by atoms with Gasteiger partial charge < -0.3 is 66.0 Å². The number of rotatable bonds is 40. The van der Waals surface area contributed by atoms with E-state index in [1.54, 1.807) is 44.8 Å². The van der Waals surface area contributed by atoms with E-state index in [0.717, 1.165) is 16.2 Å². The van der Waals surface area contributed by atoms with Gasteiger partial charge in [-0.05, 0) is 90.6 Å². The van der Waals surface area contributed by atoms with E-state index < -0.39 is 83.3 Å². The lowest BCUT2D eigenvalue weighted by Crippen LogP contribution is -2.60. The molecular weight excluding hydrogens is 1160 g/mol. The number of likely N-dealkylation sites (N-methyl/N-ethyl adjacent to an activating group) is 2. The number of aliphatic carboxylic acids is 1. The van der Waals surface area contributed by atoms with E-state index in [1.807, 2.05) is 27.7 Å². The third-order valence-electron chi connectivity index (χ3n) is 15.0. The van der Waals surface area contributed by atoms with Crippen LogP contribution in [-0.2, 0) is 73.3 Å². The Balaban J connectivity index is 1.53. The first-order valence-corrected chi connectivity index (χ1v) is 30.4. The number of benzene rings is 1. The third-order valence-corrected chi connectivity index (χ3v) is 16.0. The lowest BCUT2D eigenvalue weighted by molar-refractivity contribution is -0.149. The molecule has 3 rings (SSSR count). The summed E-state index contributed by atoms with van der Waals surface area (Å²) in [5.74, 6) is -7.56. The molecule has 2 aromatic rings. The van der Waals surface area contributed by atoms with Crippen molar-refractivity contribution in [2.24, 2.45) is 17.8 Å². The van der Waals surface area contributed by atoms with Crippen molar-refractivity contribution in [1.82, 2.24) is 46.3 Å². The van der Waals surface area contributed by atoms with E-state index >= 15 is 0 Å². The first kappa shape index (κ1) is 74.9. The van der Waals surface area contributed by atoms with Crippen molar-refractivity contribution in [2.45, 2.75) is 156 Å². The molecule has 2 heterocycles. The van der Waals surface area contributed by atoms with E-state index in [9.17, 15) is 63.0 Å². The van der Waals surface area contributed by atoms with Crippen molar-refractivity contribution < 1.29 is 81.9 Å². The number of nitrogens with zero attached hydrogens (tertiary/aromatic N) is 4. The molecular formula is C60H92N10O17S. The SMILES string of the molecule is CCC(C)C(NC(=O)C(C)(C)N(C)C)C(=O)N(C)C(CC(OC(C)=O)c1nc(C(=O)NC(Cc2ccc(O)c(NC(=O)C(C)NC(=O)C(C)NC(=O)CCOCCOCCOCCNC(=O)CCCN3C(=O)C=CC3=O)c2)CC(C)C(=O)O)cs1)C(C)C. The monoisotopic (exact) mass is 1260 g/mol. The van der Waals surface area contributed by atoms with Crippen LogP contribution in [0.1, 0.15) is 135 Å². The number of hydrogen-bond donors (Lipinski definition) is 8. The number of anilines is 1. The molecule has 88 heavy (non-hydrogen) atoms. The number of carboxylic acid groups (broad SMARTS) is 1. The Bertz CT molecular complexity index is 2740. The molecule has 0 bridgehead atoms. The molecule has 0 saturated heterocycles. The predicted octanol–water partition coefficient (Wildman–Crippen LogP) is 2.86. The first-order chi connectivity index (χ1) is 41.4. The molecule has 27 nitrogen and oxygen atoms in total. The highest BCUT2D eigenvalue weighted by Crippen LogP contribution is 2.32. The molecule has 0 saturated carbocycles. The van der Waals surface area contributed by atoms with Crippen LogP contribution in [-0.4, -0.2) is 205 Å². The number of carbonyl (C=O) groups is 11. The highest BCUT2D eigenvalue weighted by molar-refractivity contribution is 7.09. The smallest absolute Gasteiger partial charge is 0.306 e. The van der Waals surface area contributed by atoms with Crippen LogP contribution in [0.3, 0.4) is 0 Å². The van der Waals surface area contributed by atoms with Gasteiger partial charge in [0.1, 0.15) is 34.6 Å². The fourth-order valence-corrected chi connectivity index (χ4v) is 9.67. The summed E-state index contributed by atoms with van der Waals surface area (Å²) in [5, 5.41) is 38.6. The van der Waals surface area contributed by atoms with Crippen molar-refractivity contribution in [1.29, 1.82) is 0 Å². The number of imide groups is 1. The van der Waals surface area contributed by atoms with Gasteiger partial charge in [0.05, 0.1) is 56.8 Å². The number of esters is 1. The maximum Gasteiger partial charge on any atom is 0.306 e. The van der Waals surface area contributed by atoms with Gasteiger partial charge in [0.25, 0.3) is 17.7 Å². The first-order valence-electron chi connectivity index (χ1n) is 29.5. The summed E-state index contributed by atoms with van der Waals surface area (Å²) in [7, 11) is 5.20. The van der Waals surface area contributed by atoms with E-state index in [2.05, 4.69) is 36.9 Å². The number of carbonyl (C=O) groups excluding carboxylic acids is 10. The van der Waals surface area contributed by atoms with Crippen LogP contribution in [0, 0.1) is 17.8 Å². The van der Waals surface area contributed by atoms with Crippen molar-refractivity contribution in [3.63, 3.8) is 0 Å². The van der Waals surface area contributed by atoms with Crippen molar-refractivity contribution in [3.8, 4) is 5.75 Å². The van der Waals surface area contributed by atoms with Crippen molar-refractivity contribution >= 4 is 82.1 Å². The Morgan fingerprint density at radius 3 is 1.98 bits per heavy atom. The van der Waals surface area contributed by atoms with Crippen LogP contribution in [0.25, 0.3) is 0 Å². The second-order valence-electron chi connectivity index (χ2n) is 22.9. The second-order valence-corrected chi connectivity index (χ2v) is 23.8. The van der Waals surface area contributed by atoms with Gasteiger partial charge in [0.15, 0.2) is 6.10 Å². The molecule has 1 aromatic heterocycles. The third kappa shape index (κ3) is 24.6. The molecule has 490 valence electrons. The molecule has 0 fully saturated rings. The number of phenols is 1. The molecule has 9 amide bonds. The topological polar surface area (TPSA) is 360 Å². The number of nitrogens with one attached hydrogen (secondary N) is 6. The summed E-state index contributed by atoms with van der Waals surface area (Å²) in [6, 6.07) is -0.105. The molecule has 0 aliphatic carbocycles. The van der Waals surface area contributed by atoms with Gasteiger partial charge in [0.2, 0.25) is 35.4 Å². The summed E-state index contributed by atoms with van der Waals surface area (Å²) in [6.45, 7) is 18.4.